The summed E-state index contributed by atoms with van der Waals surface area (Å²) in [7, 11) is 0. The van der Waals surface area contributed by atoms with Crippen molar-refractivity contribution in [2.75, 3.05) is 0 Å². The van der Waals surface area contributed by atoms with E-state index >= 15 is 0 Å². The summed E-state index contributed by atoms with van der Waals surface area (Å²) < 4.78 is 0. The van der Waals surface area contributed by atoms with Gasteiger partial charge in [0.25, 0.3) is 0 Å². The van der Waals surface area contributed by atoms with Crippen molar-refractivity contribution in [3.05, 3.63) is 117 Å². The summed E-state index contributed by atoms with van der Waals surface area (Å²) in [6.45, 7) is 0. The second kappa shape index (κ2) is 8.74. The first-order valence-electron chi connectivity index (χ1n) is 12.8. The SMILES string of the molecule is C1=CCCC(C2=CC(C3=CCCC(C4=CC5=C(CC4)C4=CC=CCC4CC5)=C3)=CCC2)=C1. The van der Waals surface area contributed by atoms with Crippen molar-refractivity contribution in [2.24, 2.45) is 5.92 Å². The van der Waals surface area contributed by atoms with Crippen molar-refractivity contribution in [3.8, 4) is 0 Å². The predicted octanol–water partition coefficient (Wildman–Crippen LogP) is 8.87. The van der Waals surface area contributed by atoms with Gasteiger partial charge >= 0.3 is 0 Å². The number of rotatable bonds is 3. The fourth-order valence-corrected chi connectivity index (χ4v) is 6.41. The molecule has 0 amide bonds. The van der Waals surface area contributed by atoms with E-state index in [1.54, 1.807) is 39.0 Å². The molecule has 0 aliphatic heterocycles. The largest absolute Gasteiger partial charge is 0.0842 e. The number of allylic oxidation sites excluding steroid dienone is 20. The smallest absolute Gasteiger partial charge is 0.0121 e. The minimum absolute atomic E-state index is 0.783. The summed E-state index contributed by atoms with van der Waals surface area (Å²) in [5.74, 6) is 0.783. The predicted molar refractivity (Wildman–Crippen MR) is 136 cm³/mol. The van der Waals surface area contributed by atoms with Gasteiger partial charge in [0, 0.05) is 0 Å². The van der Waals surface area contributed by atoms with Crippen LogP contribution in [0.1, 0.15) is 70.6 Å². The lowest BCUT2D eigenvalue weighted by Gasteiger charge is -2.34. The van der Waals surface area contributed by atoms with E-state index in [1.807, 2.05) is 0 Å². The fraction of sp³-hybridized carbons (Fsp3) is 0.375. The monoisotopic (exact) mass is 418 g/mol. The zero-order valence-electron chi connectivity index (χ0n) is 19.2. The fourth-order valence-electron chi connectivity index (χ4n) is 6.41. The van der Waals surface area contributed by atoms with Crippen molar-refractivity contribution in [1.82, 2.24) is 0 Å². The first-order valence-corrected chi connectivity index (χ1v) is 12.8. The van der Waals surface area contributed by atoms with E-state index in [0.29, 0.717) is 0 Å². The van der Waals surface area contributed by atoms with E-state index in [4.69, 9.17) is 0 Å². The highest BCUT2D eigenvalue weighted by Gasteiger charge is 2.28. The normalized spacial score (nSPS) is 27.2. The minimum Gasteiger partial charge on any atom is -0.0842 e. The van der Waals surface area contributed by atoms with Gasteiger partial charge in [0.05, 0.1) is 0 Å². The molecule has 6 aliphatic carbocycles. The molecule has 162 valence electrons. The quantitative estimate of drug-likeness (QED) is 0.429. The Labute approximate surface area is 193 Å². The number of fused-ring (bicyclic) bond motifs is 2. The lowest BCUT2D eigenvalue weighted by atomic mass is 9.71. The van der Waals surface area contributed by atoms with Crippen LogP contribution in [-0.2, 0) is 0 Å². The van der Waals surface area contributed by atoms with Gasteiger partial charge in [0.15, 0.2) is 0 Å². The average Bonchev–Trinajstić information content (AvgIpc) is 2.89. The standard InChI is InChI=1S/C32H34/c1-2-8-23(9-3-1)25-11-6-12-26(20-25)27-13-7-14-28(21-27)29-18-19-32-30(22-29)17-16-24-10-4-5-15-31(24)32/h1-2,4-5,8,12-13,15,20-22,24H,3,6-7,9-11,14,16-19H2. The Kier molecular flexibility index (Phi) is 5.47. The summed E-state index contributed by atoms with van der Waals surface area (Å²) >= 11 is 0. The molecule has 0 radical (unpaired) electrons. The maximum atomic E-state index is 2.58. The molecule has 1 atom stereocenters. The van der Waals surface area contributed by atoms with Crippen LogP contribution in [0, 0.1) is 5.92 Å². The van der Waals surface area contributed by atoms with Gasteiger partial charge in [-0.3, -0.25) is 0 Å². The topological polar surface area (TPSA) is 0 Å². The summed E-state index contributed by atoms with van der Waals surface area (Å²) in [6, 6.07) is 0. The van der Waals surface area contributed by atoms with E-state index in [9.17, 15) is 0 Å². The molecule has 0 heterocycles. The van der Waals surface area contributed by atoms with E-state index in [-0.39, 0.29) is 0 Å². The highest BCUT2D eigenvalue weighted by atomic mass is 14.3. The summed E-state index contributed by atoms with van der Waals surface area (Å²) in [5.41, 5.74) is 14.2. The van der Waals surface area contributed by atoms with Crippen LogP contribution in [-0.4, -0.2) is 0 Å². The van der Waals surface area contributed by atoms with E-state index < -0.39 is 0 Å². The Balaban J connectivity index is 1.26. The van der Waals surface area contributed by atoms with Crippen LogP contribution in [0.15, 0.2) is 117 Å². The highest BCUT2D eigenvalue weighted by Crippen LogP contribution is 2.45. The molecule has 0 bridgehead atoms. The Morgan fingerprint density at radius 2 is 1.31 bits per heavy atom. The van der Waals surface area contributed by atoms with Crippen LogP contribution in [0.2, 0.25) is 0 Å². The molecule has 0 aromatic carbocycles. The van der Waals surface area contributed by atoms with Crippen LogP contribution >= 0.6 is 0 Å². The first-order chi connectivity index (χ1) is 15.8. The van der Waals surface area contributed by atoms with Crippen LogP contribution < -0.4 is 0 Å². The maximum absolute atomic E-state index is 2.58. The third-order valence-corrected chi connectivity index (χ3v) is 8.15. The molecule has 0 saturated heterocycles. The van der Waals surface area contributed by atoms with Crippen molar-refractivity contribution >= 4 is 0 Å². The molecule has 0 N–H and O–H groups in total. The maximum Gasteiger partial charge on any atom is -0.0121 e. The molecule has 0 aromatic rings. The van der Waals surface area contributed by atoms with Crippen LogP contribution in [0.4, 0.5) is 0 Å². The van der Waals surface area contributed by atoms with Gasteiger partial charge in [0.2, 0.25) is 0 Å². The van der Waals surface area contributed by atoms with Gasteiger partial charge in [-0.2, -0.15) is 0 Å². The van der Waals surface area contributed by atoms with Gasteiger partial charge in [0.1, 0.15) is 0 Å². The average molecular weight is 419 g/mol. The van der Waals surface area contributed by atoms with Crippen LogP contribution in [0.25, 0.3) is 0 Å². The summed E-state index contributed by atoms with van der Waals surface area (Å²) in [6.07, 6.45) is 39.9. The molecule has 0 heteroatoms. The molecular formula is C32H34. The molecule has 0 nitrogen and oxygen atoms in total. The molecule has 0 fully saturated rings. The van der Waals surface area contributed by atoms with Gasteiger partial charge in [-0.1, -0.05) is 66.8 Å². The molecular weight excluding hydrogens is 384 g/mol. The van der Waals surface area contributed by atoms with Gasteiger partial charge in [-0.05, 0) is 127 Å². The van der Waals surface area contributed by atoms with Crippen molar-refractivity contribution in [2.45, 2.75) is 70.6 Å². The third-order valence-electron chi connectivity index (χ3n) is 8.15. The molecule has 0 saturated carbocycles. The molecule has 0 aromatic heterocycles. The first kappa shape index (κ1) is 20.0. The molecule has 0 spiro atoms. The van der Waals surface area contributed by atoms with Crippen LogP contribution in [0.5, 0.6) is 0 Å². The second-order valence-electron chi connectivity index (χ2n) is 10.1. The molecule has 6 rings (SSSR count). The number of hydrogen-bond donors (Lipinski definition) is 0. The van der Waals surface area contributed by atoms with Crippen molar-refractivity contribution in [3.63, 3.8) is 0 Å². The third kappa shape index (κ3) is 3.85. The molecule has 1 unspecified atom stereocenters. The lowest BCUT2D eigenvalue weighted by molar-refractivity contribution is 0.536. The molecule has 32 heavy (non-hydrogen) atoms. The Hall–Kier alpha value is -2.60. The van der Waals surface area contributed by atoms with Gasteiger partial charge in [-0.15, -0.1) is 0 Å². The highest BCUT2D eigenvalue weighted by molar-refractivity contribution is 5.59. The number of hydrogen-bond acceptors (Lipinski definition) is 0. The minimum atomic E-state index is 0.783. The van der Waals surface area contributed by atoms with Crippen LogP contribution in [0.3, 0.4) is 0 Å². The second-order valence-corrected chi connectivity index (χ2v) is 10.1. The lowest BCUT2D eigenvalue weighted by Crippen LogP contribution is -2.17. The van der Waals surface area contributed by atoms with Crippen molar-refractivity contribution in [1.29, 1.82) is 0 Å². The van der Waals surface area contributed by atoms with Gasteiger partial charge in [-0.25, -0.2) is 0 Å². The van der Waals surface area contributed by atoms with E-state index in [1.165, 1.54) is 81.8 Å². The Bertz CT molecular complexity index is 1130. The summed E-state index contributed by atoms with van der Waals surface area (Å²) in [4.78, 5) is 0. The molecule has 6 aliphatic rings. The zero-order chi connectivity index (χ0) is 21.3. The Morgan fingerprint density at radius 3 is 2.09 bits per heavy atom. The Morgan fingerprint density at radius 1 is 0.594 bits per heavy atom. The van der Waals surface area contributed by atoms with Crippen molar-refractivity contribution < 1.29 is 0 Å². The van der Waals surface area contributed by atoms with Gasteiger partial charge < -0.3 is 0 Å². The van der Waals surface area contributed by atoms with E-state index in [0.717, 1.165) is 5.92 Å². The zero-order valence-corrected chi connectivity index (χ0v) is 19.2. The van der Waals surface area contributed by atoms with E-state index in [2.05, 4.69) is 66.8 Å². The summed E-state index contributed by atoms with van der Waals surface area (Å²) in [5, 5.41) is 0.